The lowest BCUT2D eigenvalue weighted by Gasteiger charge is -2.05. The summed E-state index contributed by atoms with van der Waals surface area (Å²) in [4.78, 5) is 11.2. The molecule has 0 radical (unpaired) electrons. The summed E-state index contributed by atoms with van der Waals surface area (Å²) in [5, 5.41) is 9.06. The minimum absolute atomic E-state index is 0.0826. The maximum Gasteiger partial charge on any atom is 0.413 e. The molecule has 1 heterocycles. The molecule has 0 atom stereocenters. The van der Waals surface area contributed by atoms with E-state index >= 15 is 0 Å². The van der Waals surface area contributed by atoms with Crippen LogP contribution in [0.15, 0.2) is 40.9 Å². The van der Waals surface area contributed by atoms with Crippen molar-refractivity contribution in [3.63, 3.8) is 0 Å². The van der Waals surface area contributed by atoms with Crippen LogP contribution in [0.1, 0.15) is 6.92 Å². The number of hydrogen-bond donors (Lipinski definition) is 2. The first kappa shape index (κ1) is 14.0. The number of rotatable bonds is 3. The molecule has 104 valence electrons. The predicted molar refractivity (Wildman–Crippen MR) is 78.3 cm³/mol. The number of carbonyl (C=O) groups is 1. The van der Waals surface area contributed by atoms with E-state index in [1.807, 2.05) is 30.3 Å². The number of benzene rings is 1. The molecule has 1 aromatic carbocycles. The first-order valence-corrected chi connectivity index (χ1v) is 6.36. The number of hydrogen-bond acceptors (Lipinski definition) is 5. The molecule has 6 nitrogen and oxygen atoms in total. The summed E-state index contributed by atoms with van der Waals surface area (Å²) >= 11 is 4.94. The summed E-state index contributed by atoms with van der Waals surface area (Å²) in [5.41, 5.74) is 1.60. The molecule has 0 unspecified atom stereocenters. The molecule has 0 aliphatic carbocycles. The van der Waals surface area contributed by atoms with E-state index in [0.717, 1.165) is 5.56 Å². The number of nitrogens with one attached hydrogen (secondary N) is 2. The summed E-state index contributed by atoms with van der Waals surface area (Å²) in [6.45, 7) is 1.98. The van der Waals surface area contributed by atoms with Gasteiger partial charge in [0, 0.05) is 11.6 Å². The summed E-state index contributed by atoms with van der Waals surface area (Å²) in [5.74, 6) is 0.339. The largest absolute Gasteiger partial charge is 0.450 e. The van der Waals surface area contributed by atoms with E-state index in [-0.39, 0.29) is 11.7 Å². The quantitative estimate of drug-likeness (QED) is 0.847. The number of alkyl carbamates (subject to hydrolysis) is 1. The van der Waals surface area contributed by atoms with Gasteiger partial charge in [-0.25, -0.2) is 4.79 Å². The maximum absolute atomic E-state index is 11.2. The second-order valence-corrected chi connectivity index (χ2v) is 4.15. The van der Waals surface area contributed by atoms with Crippen LogP contribution >= 0.6 is 12.2 Å². The van der Waals surface area contributed by atoms with Gasteiger partial charge in [-0.1, -0.05) is 35.5 Å². The van der Waals surface area contributed by atoms with E-state index in [0.29, 0.717) is 11.6 Å². The van der Waals surface area contributed by atoms with E-state index in [2.05, 4.69) is 15.8 Å². The van der Waals surface area contributed by atoms with Gasteiger partial charge in [-0.05, 0) is 19.1 Å². The van der Waals surface area contributed by atoms with Crippen LogP contribution in [0, 0.1) is 0 Å². The van der Waals surface area contributed by atoms with Gasteiger partial charge in [0.2, 0.25) is 5.88 Å². The monoisotopic (exact) mass is 291 g/mol. The fraction of sp³-hybridized carbons (Fsp3) is 0.154. The van der Waals surface area contributed by atoms with Crippen molar-refractivity contribution in [3.8, 4) is 11.3 Å². The fourth-order valence-corrected chi connectivity index (χ4v) is 1.67. The molecule has 2 rings (SSSR count). The van der Waals surface area contributed by atoms with Gasteiger partial charge in [0.25, 0.3) is 0 Å². The molecule has 0 fully saturated rings. The predicted octanol–water partition coefficient (Wildman–Crippen LogP) is 2.78. The molecule has 0 spiro atoms. The van der Waals surface area contributed by atoms with Crippen molar-refractivity contribution in [2.24, 2.45) is 0 Å². The molecule has 0 bridgehead atoms. The van der Waals surface area contributed by atoms with Crippen LogP contribution in [0.2, 0.25) is 0 Å². The summed E-state index contributed by atoms with van der Waals surface area (Å²) in [6, 6.07) is 11.2. The van der Waals surface area contributed by atoms with Gasteiger partial charge in [-0.3, -0.25) is 5.32 Å². The zero-order chi connectivity index (χ0) is 14.4. The first-order chi connectivity index (χ1) is 9.69. The number of amides is 1. The molecular formula is C13H13N3O3S. The number of carbonyl (C=O) groups excluding carboxylic acids is 1. The van der Waals surface area contributed by atoms with Crippen LogP contribution in [0.25, 0.3) is 11.3 Å². The highest BCUT2D eigenvalue weighted by Crippen LogP contribution is 2.20. The zero-order valence-corrected chi connectivity index (χ0v) is 11.6. The average Bonchev–Trinajstić information content (AvgIpc) is 2.88. The number of aromatic nitrogens is 1. The SMILES string of the molecule is CCOC(=O)NC(=S)Nc1cc(-c2ccccc2)no1. The van der Waals surface area contributed by atoms with Crippen LogP contribution in [-0.2, 0) is 4.74 Å². The highest BCUT2D eigenvalue weighted by Gasteiger charge is 2.09. The number of nitrogens with zero attached hydrogens (tertiary/aromatic N) is 1. The topological polar surface area (TPSA) is 76.4 Å². The lowest BCUT2D eigenvalue weighted by molar-refractivity contribution is 0.158. The molecule has 0 saturated heterocycles. The third-order valence-electron chi connectivity index (χ3n) is 2.31. The Morgan fingerprint density at radius 3 is 2.85 bits per heavy atom. The third kappa shape index (κ3) is 3.79. The first-order valence-electron chi connectivity index (χ1n) is 5.96. The van der Waals surface area contributed by atoms with Crippen molar-refractivity contribution in [1.82, 2.24) is 10.5 Å². The molecule has 20 heavy (non-hydrogen) atoms. The lowest BCUT2D eigenvalue weighted by atomic mass is 10.2. The van der Waals surface area contributed by atoms with Gasteiger partial charge in [0.05, 0.1) is 6.61 Å². The van der Waals surface area contributed by atoms with Crippen LogP contribution < -0.4 is 10.6 Å². The minimum Gasteiger partial charge on any atom is -0.450 e. The van der Waals surface area contributed by atoms with Crippen molar-refractivity contribution in [2.75, 3.05) is 11.9 Å². The Kier molecular flexibility index (Phi) is 4.67. The molecule has 2 N–H and O–H groups in total. The normalized spacial score (nSPS) is 9.85. The van der Waals surface area contributed by atoms with E-state index < -0.39 is 6.09 Å². The summed E-state index contributed by atoms with van der Waals surface area (Å²) < 4.78 is 9.79. The number of ether oxygens (including phenoxy) is 1. The Balaban J connectivity index is 1.96. The van der Waals surface area contributed by atoms with E-state index in [1.165, 1.54) is 0 Å². The Hall–Kier alpha value is -2.41. The van der Waals surface area contributed by atoms with Gasteiger partial charge >= 0.3 is 6.09 Å². The lowest BCUT2D eigenvalue weighted by Crippen LogP contribution is -2.34. The molecule has 0 aliphatic rings. The Morgan fingerprint density at radius 1 is 1.40 bits per heavy atom. The number of thiocarbonyl (C=S) groups is 1. The van der Waals surface area contributed by atoms with Gasteiger partial charge in [-0.15, -0.1) is 0 Å². The van der Waals surface area contributed by atoms with Crippen molar-refractivity contribution < 1.29 is 14.1 Å². The summed E-state index contributed by atoms with van der Waals surface area (Å²) in [7, 11) is 0. The molecule has 1 aromatic heterocycles. The third-order valence-corrected chi connectivity index (χ3v) is 2.51. The molecule has 0 aliphatic heterocycles. The second kappa shape index (κ2) is 6.67. The summed E-state index contributed by atoms with van der Waals surface area (Å²) in [6.07, 6.45) is -0.618. The van der Waals surface area contributed by atoms with Crippen LogP contribution in [-0.4, -0.2) is 23.0 Å². The molecule has 0 saturated carbocycles. The van der Waals surface area contributed by atoms with Crippen LogP contribution in [0.5, 0.6) is 0 Å². The molecule has 2 aromatic rings. The Labute approximate surface area is 121 Å². The van der Waals surface area contributed by atoms with Gasteiger partial charge < -0.3 is 14.6 Å². The van der Waals surface area contributed by atoms with Crippen molar-refractivity contribution in [3.05, 3.63) is 36.4 Å². The highest BCUT2D eigenvalue weighted by atomic mass is 32.1. The van der Waals surface area contributed by atoms with Crippen LogP contribution in [0.4, 0.5) is 10.7 Å². The Morgan fingerprint density at radius 2 is 2.15 bits per heavy atom. The molecule has 7 heteroatoms. The maximum atomic E-state index is 11.2. The van der Waals surface area contributed by atoms with E-state index in [4.69, 9.17) is 21.5 Å². The molecule has 1 amide bonds. The standard InChI is InChI=1S/C13H13N3O3S/c1-2-18-13(17)15-12(20)14-11-8-10(16-19-11)9-6-4-3-5-7-9/h3-8H,2H2,1H3,(H2,14,15,17,20). The van der Waals surface area contributed by atoms with Gasteiger partial charge in [-0.2, -0.15) is 0 Å². The van der Waals surface area contributed by atoms with Crippen molar-refractivity contribution in [1.29, 1.82) is 0 Å². The fourth-order valence-electron chi connectivity index (χ4n) is 1.48. The highest BCUT2D eigenvalue weighted by molar-refractivity contribution is 7.80. The number of anilines is 1. The zero-order valence-electron chi connectivity index (χ0n) is 10.8. The minimum atomic E-state index is -0.618. The van der Waals surface area contributed by atoms with Gasteiger partial charge in [0.1, 0.15) is 5.69 Å². The Bertz CT molecular complexity index is 598. The van der Waals surface area contributed by atoms with Crippen molar-refractivity contribution >= 4 is 29.3 Å². The van der Waals surface area contributed by atoms with Crippen LogP contribution in [0.3, 0.4) is 0 Å². The smallest absolute Gasteiger partial charge is 0.413 e. The van der Waals surface area contributed by atoms with E-state index in [9.17, 15) is 4.79 Å². The van der Waals surface area contributed by atoms with Gasteiger partial charge in [0.15, 0.2) is 5.11 Å². The van der Waals surface area contributed by atoms with Crippen molar-refractivity contribution in [2.45, 2.75) is 6.92 Å². The average molecular weight is 291 g/mol. The van der Waals surface area contributed by atoms with E-state index in [1.54, 1.807) is 13.0 Å². The molecular weight excluding hydrogens is 278 g/mol. The second-order valence-electron chi connectivity index (χ2n) is 3.74.